The Morgan fingerprint density at radius 3 is 2.58 bits per heavy atom. The highest BCUT2D eigenvalue weighted by molar-refractivity contribution is 6.07. The van der Waals surface area contributed by atoms with E-state index in [4.69, 9.17) is 0 Å². The third-order valence-corrected chi connectivity index (χ3v) is 4.21. The zero-order valence-electron chi connectivity index (χ0n) is 12.4. The minimum atomic E-state index is -0.716. The Kier molecular flexibility index (Phi) is 4.16. The minimum Gasteiger partial charge on any atom is -0.355 e. The van der Waals surface area contributed by atoms with E-state index in [1.807, 2.05) is 4.90 Å². The lowest BCUT2D eigenvalue weighted by Gasteiger charge is -2.33. The average molecular weight is 266 g/mol. The van der Waals surface area contributed by atoms with E-state index in [9.17, 15) is 9.59 Å². The topological polar surface area (TPSA) is 49.4 Å². The van der Waals surface area contributed by atoms with Crippen molar-refractivity contribution in [1.82, 2.24) is 10.2 Å². The molecular formula is C15H26N2O2. The maximum Gasteiger partial charge on any atom is 0.238 e. The van der Waals surface area contributed by atoms with Gasteiger partial charge in [0.1, 0.15) is 5.41 Å². The number of likely N-dealkylation sites (tertiary alicyclic amines) is 1. The third kappa shape index (κ3) is 3.10. The number of piperidine rings is 1. The number of nitrogens with zero attached hydrogens (tertiary/aromatic N) is 1. The highest BCUT2D eigenvalue weighted by Crippen LogP contribution is 2.48. The first-order valence-electron chi connectivity index (χ1n) is 7.53. The highest BCUT2D eigenvalue weighted by Gasteiger charge is 2.58. The fourth-order valence-corrected chi connectivity index (χ4v) is 2.81. The monoisotopic (exact) mass is 266 g/mol. The Labute approximate surface area is 115 Å². The fourth-order valence-electron chi connectivity index (χ4n) is 2.81. The molecule has 1 N–H and O–H groups in total. The van der Waals surface area contributed by atoms with Crippen LogP contribution >= 0.6 is 0 Å². The first-order chi connectivity index (χ1) is 8.95. The molecule has 0 bridgehead atoms. The van der Waals surface area contributed by atoms with Crippen molar-refractivity contribution in [2.45, 2.75) is 46.5 Å². The van der Waals surface area contributed by atoms with Gasteiger partial charge in [0.2, 0.25) is 11.8 Å². The number of carbonyl (C=O) groups excluding carboxylic acids is 2. The summed E-state index contributed by atoms with van der Waals surface area (Å²) >= 11 is 0. The molecule has 0 aromatic carbocycles. The van der Waals surface area contributed by atoms with Crippen LogP contribution in [0, 0.1) is 17.3 Å². The van der Waals surface area contributed by atoms with Crippen molar-refractivity contribution in [3.63, 3.8) is 0 Å². The van der Waals surface area contributed by atoms with Crippen molar-refractivity contribution in [3.8, 4) is 0 Å². The lowest BCUT2D eigenvalue weighted by molar-refractivity contribution is -0.145. The molecule has 108 valence electrons. The molecule has 0 radical (unpaired) electrons. The van der Waals surface area contributed by atoms with Gasteiger partial charge in [-0.1, -0.05) is 20.8 Å². The van der Waals surface area contributed by atoms with Gasteiger partial charge in [0.25, 0.3) is 0 Å². The van der Waals surface area contributed by atoms with Crippen LogP contribution in [0.1, 0.15) is 46.5 Å². The largest absolute Gasteiger partial charge is 0.355 e. The molecule has 4 nitrogen and oxygen atoms in total. The molecule has 2 amide bonds. The summed E-state index contributed by atoms with van der Waals surface area (Å²) in [6.07, 6.45) is 3.70. The lowest BCUT2D eigenvalue weighted by Crippen LogP contribution is -2.48. The molecule has 1 unspecified atom stereocenters. The van der Waals surface area contributed by atoms with Crippen molar-refractivity contribution in [3.05, 3.63) is 0 Å². The molecule has 1 aliphatic heterocycles. The molecule has 4 heteroatoms. The second-order valence-corrected chi connectivity index (χ2v) is 6.68. The number of hydrogen-bond donors (Lipinski definition) is 1. The molecule has 19 heavy (non-hydrogen) atoms. The summed E-state index contributed by atoms with van der Waals surface area (Å²) in [5.74, 6) is 1.00. The van der Waals surface area contributed by atoms with Crippen LogP contribution in [0.3, 0.4) is 0 Å². The molecule has 0 spiro atoms. The summed E-state index contributed by atoms with van der Waals surface area (Å²) in [5.41, 5.74) is -0.716. The smallest absolute Gasteiger partial charge is 0.238 e. The summed E-state index contributed by atoms with van der Waals surface area (Å²) < 4.78 is 0. The van der Waals surface area contributed by atoms with Crippen molar-refractivity contribution < 1.29 is 9.59 Å². The summed E-state index contributed by atoms with van der Waals surface area (Å²) in [7, 11) is 0. The van der Waals surface area contributed by atoms with Crippen LogP contribution in [0.2, 0.25) is 0 Å². The van der Waals surface area contributed by atoms with E-state index in [0.717, 1.165) is 32.4 Å². The standard InChI is InChI=1S/C15H26N2O2/c1-11(2)9-16-13(18)15(6-7-15)14(19)17-8-4-5-12(3)10-17/h11-12H,4-10H2,1-3H3,(H,16,18). The normalized spacial score (nSPS) is 25.3. The van der Waals surface area contributed by atoms with Gasteiger partial charge in [-0.05, 0) is 37.5 Å². The zero-order chi connectivity index (χ0) is 14.0. The Balaban J connectivity index is 1.95. The summed E-state index contributed by atoms with van der Waals surface area (Å²) in [5, 5.41) is 2.93. The molecule has 2 aliphatic rings. The van der Waals surface area contributed by atoms with Gasteiger partial charge in [0.15, 0.2) is 0 Å². The molecule has 0 aromatic heterocycles. The number of rotatable bonds is 4. The Bertz CT molecular complexity index is 361. The van der Waals surface area contributed by atoms with E-state index >= 15 is 0 Å². The molecule has 1 heterocycles. The quantitative estimate of drug-likeness (QED) is 0.789. The third-order valence-electron chi connectivity index (χ3n) is 4.21. The van der Waals surface area contributed by atoms with Crippen molar-refractivity contribution in [2.75, 3.05) is 19.6 Å². The van der Waals surface area contributed by atoms with Gasteiger partial charge in [-0.3, -0.25) is 9.59 Å². The SMILES string of the molecule is CC(C)CNC(=O)C1(C(=O)N2CCCC(C)C2)CC1. The van der Waals surface area contributed by atoms with Crippen molar-refractivity contribution in [2.24, 2.45) is 17.3 Å². The van der Waals surface area contributed by atoms with E-state index in [2.05, 4.69) is 26.1 Å². The van der Waals surface area contributed by atoms with E-state index < -0.39 is 5.41 Å². The molecule has 2 rings (SSSR count). The predicted octanol–water partition coefficient (Wildman–Crippen LogP) is 1.80. The van der Waals surface area contributed by atoms with Crippen LogP contribution in [0.5, 0.6) is 0 Å². The second-order valence-electron chi connectivity index (χ2n) is 6.68. The zero-order valence-corrected chi connectivity index (χ0v) is 12.4. The molecule has 2 fully saturated rings. The van der Waals surface area contributed by atoms with Crippen LogP contribution in [-0.2, 0) is 9.59 Å². The van der Waals surface area contributed by atoms with E-state index in [-0.39, 0.29) is 11.8 Å². The Morgan fingerprint density at radius 2 is 2.05 bits per heavy atom. The highest BCUT2D eigenvalue weighted by atomic mass is 16.2. The minimum absolute atomic E-state index is 0.0515. The van der Waals surface area contributed by atoms with Crippen LogP contribution in [-0.4, -0.2) is 36.3 Å². The Hall–Kier alpha value is -1.06. The summed E-state index contributed by atoms with van der Waals surface area (Å²) in [4.78, 5) is 26.7. The number of carbonyl (C=O) groups is 2. The molecule has 1 saturated carbocycles. The van der Waals surface area contributed by atoms with Crippen LogP contribution < -0.4 is 5.32 Å². The average Bonchev–Trinajstić information content (AvgIpc) is 3.16. The number of amides is 2. The predicted molar refractivity (Wildman–Crippen MR) is 74.5 cm³/mol. The van der Waals surface area contributed by atoms with Gasteiger partial charge >= 0.3 is 0 Å². The van der Waals surface area contributed by atoms with E-state index in [1.165, 1.54) is 6.42 Å². The van der Waals surface area contributed by atoms with Crippen molar-refractivity contribution in [1.29, 1.82) is 0 Å². The second kappa shape index (κ2) is 5.51. The van der Waals surface area contributed by atoms with Crippen LogP contribution in [0.25, 0.3) is 0 Å². The molecular weight excluding hydrogens is 240 g/mol. The van der Waals surface area contributed by atoms with Gasteiger partial charge in [0, 0.05) is 19.6 Å². The summed E-state index contributed by atoms with van der Waals surface area (Å²) in [6, 6.07) is 0. The molecule has 0 aromatic rings. The van der Waals surface area contributed by atoms with Crippen LogP contribution in [0.15, 0.2) is 0 Å². The van der Waals surface area contributed by atoms with Gasteiger partial charge in [-0.25, -0.2) is 0 Å². The first-order valence-corrected chi connectivity index (χ1v) is 7.53. The van der Waals surface area contributed by atoms with E-state index in [1.54, 1.807) is 0 Å². The molecule has 1 aliphatic carbocycles. The van der Waals surface area contributed by atoms with E-state index in [0.29, 0.717) is 18.4 Å². The number of nitrogens with one attached hydrogen (secondary N) is 1. The maximum atomic E-state index is 12.6. The molecule has 1 saturated heterocycles. The fraction of sp³-hybridized carbons (Fsp3) is 0.867. The molecule has 1 atom stereocenters. The van der Waals surface area contributed by atoms with Gasteiger partial charge in [0.05, 0.1) is 0 Å². The van der Waals surface area contributed by atoms with Crippen LogP contribution in [0.4, 0.5) is 0 Å². The number of hydrogen-bond acceptors (Lipinski definition) is 2. The van der Waals surface area contributed by atoms with Gasteiger partial charge in [-0.15, -0.1) is 0 Å². The first kappa shape index (κ1) is 14.4. The maximum absolute atomic E-state index is 12.6. The van der Waals surface area contributed by atoms with Crippen molar-refractivity contribution >= 4 is 11.8 Å². The van der Waals surface area contributed by atoms with Gasteiger partial charge < -0.3 is 10.2 Å². The van der Waals surface area contributed by atoms with Gasteiger partial charge in [-0.2, -0.15) is 0 Å². The Morgan fingerprint density at radius 1 is 1.37 bits per heavy atom. The summed E-state index contributed by atoms with van der Waals surface area (Å²) in [6.45, 7) is 8.60. The lowest BCUT2D eigenvalue weighted by atomic mass is 9.96.